The van der Waals surface area contributed by atoms with E-state index < -0.39 is 0 Å². The van der Waals surface area contributed by atoms with Gasteiger partial charge < -0.3 is 9.97 Å². The lowest BCUT2D eigenvalue weighted by Gasteiger charge is -2.16. The maximum absolute atomic E-state index is 3.48. The first-order chi connectivity index (χ1) is 15.4. The molecule has 1 aliphatic rings. The minimum absolute atomic E-state index is 0.314. The van der Waals surface area contributed by atoms with E-state index in [0.717, 1.165) is 12.8 Å². The second kappa shape index (κ2) is 7.44. The number of aromatic amines is 2. The van der Waals surface area contributed by atoms with Gasteiger partial charge in [0.15, 0.2) is 6.21 Å². The summed E-state index contributed by atoms with van der Waals surface area (Å²) in [7, 11) is 0. The average molecular weight is 403 g/mol. The predicted molar refractivity (Wildman–Crippen MR) is 129 cm³/mol. The Morgan fingerprint density at radius 3 is 2.06 bits per heavy atom. The summed E-state index contributed by atoms with van der Waals surface area (Å²) in [5.74, 6) is 0.314. The molecule has 0 fully saturated rings. The molecule has 150 valence electrons. The summed E-state index contributed by atoms with van der Waals surface area (Å²) in [6, 6.07) is 25.7. The van der Waals surface area contributed by atoms with E-state index in [1.807, 2.05) is 0 Å². The predicted octanol–water partition coefficient (Wildman–Crippen LogP) is 5.44. The number of allylic oxidation sites excluding steroid dienone is 2. The number of fused-ring (bicyclic) bond motifs is 3. The van der Waals surface area contributed by atoms with E-state index >= 15 is 0 Å². The van der Waals surface area contributed by atoms with Crippen molar-refractivity contribution in [2.75, 3.05) is 0 Å². The number of para-hydroxylation sites is 3. The lowest BCUT2D eigenvalue weighted by atomic mass is 9.86. The molecule has 0 saturated heterocycles. The smallest absolute Gasteiger partial charge is 0.211 e. The van der Waals surface area contributed by atoms with E-state index in [2.05, 4.69) is 112 Å². The molecule has 3 N–H and O–H groups in total. The lowest BCUT2D eigenvalue weighted by molar-refractivity contribution is -0.342. The van der Waals surface area contributed by atoms with Gasteiger partial charge in [0.25, 0.3) is 0 Å². The Kier molecular flexibility index (Phi) is 4.31. The standard InChI is InChI=1S/C28H23N3/c1-4-13-26-20(9-1)19(16-29-26)8-7-12-21(24-17-30-27-14-5-2-10-22(24)27)25-18-31-28-15-6-3-11-23(25)28/h1-6,8-11,13-18,21,30-31H,7,12H2/p+1/b19-8+. The summed E-state index contributed by atoms with van der Waals surface area (Å²) in [5, 5.41) is 2.62. The van der Waals surface area contributed by atoms with Crippen LogP contribution in [0.3, 0.4) is 0 Å². The molecule has 3 heteroatoms. The molecule has 0 atom stereocenters. The largest absolute Gasteiger partial charge is 0.361 e. The number of nitrogens with one attached hydrogen (secondary N) is 3. The first-order valence-electron chi connectivity index (χ1n) is 10.9. The molecule has 0 spiro atoms. The highest BCUT2D eigenvalue weighted by atomic mass is 14.8. The highest BCUT2D eigenvalue weighted by Gasteiger charge is 2.22. The summed E-state index contributed by atoms with van der Waals surface area (Å²) in [6.45, 7) is 0. The fraction of sp³-hybridized carbons (Fsp3) is 0.107. The van der Waals surface area contributed by atoms with Crippen LogP contribution in [0.15, 0.2) is 91.3 Å². The molecule has 6 rings (SSSR count). The first-order valence-corrected chi connectivity index (χ1v) is 10.9. The highest BCUT2D eigenvalue weighted by Crippen LogP contribution is 2.38. The third kappa shape index (κ3) is 3.10. The van der Waals surface area contributed by atoms with Crippen molar-refractivity contribution in [3.8, 4) is 0 Å². The van der Waals surface area contributed by atoms with Crippen LogP contribution >= 0.6 is 0 Å². The number of H-pyrrole nitrogens is 2. The van der Waals surface area contributed by atoms with Crippen LogP contribution < -0.4 is 4.99 Å². The molecule has 0 saturated carbocycles. The van der Waals surface area contributed by atoms with Gasteiger partial charge in [-0.15, -0.1) is 0 Å². The molecule has 1 aliphatic heterocycles. The minimum atomic E-state index is 0.314. The molecule has 31 heavy (non-hydrogen) atoms. The van der Waals surface area contributed by atoms with Gasteiger partial charge in [0.05, 0.1) is 5.56 Å². The van der Waals surface area contributed by atoms with Crippen LogP contribution in [0.25, 0.3) is 27.4 Å². The van der Waals surface area contributed by atoms with E-state index in [1.54, 1.807) is 0 Å². The number of hydrogen-bond donors (Lipinski definition) is 3. The number of aromatic nitrogens is 2. The third-order valence-corrected chi connectivity index (χ3v) is 6.43. The highest BCUT2D eigenvalue weighted by molar-refractivity contribution is 6.11. The molecule has 0 amide bonds. The molecule has 3 nitrogen and oxygen atoms in total. The summed E-state index contributed by atoms with van der Waals surface area (Å²) >= 11 is 0. The molecule has 0 unspecified atom stereocenters. The Hall–Kier alpha value is -3.85. The van der Waals surface area contributed by atoms with E-state index in [9.17, 15) is 0 Å². The molecular weight excluding hydrogens is 378 g/mol. The Labute approximate surface area is 181 Å². The van der Waals surface area contributed by atoms with Crippen LogP contribution in [-0.4, -0.2) is 16.2 Å². The van der Waals surface area contributed by atoms with Crippen molar-refractivity contribution >= 4 is 39.3 Å². The van der Waals surface area contributed by atoms with Crippen LogP contribution in [0, 0.1) is 0 Å². The van der Waals surface area contributed by atoms with Crippen molar-refractivity contribution in [1.82, 2.24) is 9.97 Å². The zero-order valence-corrected chi connectivity index (χ0v) is 17.2. The van der Waals surface area contributed by atoms with Crippen molar-refractivity contribution in [2.45, 2.75) is 18.8 Å². The van der Waals surface area contributed by atoms with Crippen LogP contribution in [0.4, 0.5) is 5.69 Å². The van der Waals surface area contributed by atoms with Crippen molar-refractivity contribution in [1.29, 1.82) is 0 Å². The molecule has 2 aromatic heterocycles. The van der Waals surface area contributed by atoms with Gasteiger partial charge in [-0.3, -0.25) is 0 Å². The topological polar surface area (TPSA) is 45.5 Å². The van der Waals surface area contributed by atoms with Crippen molar-refractivity contribution in [2.24, 2.45) is 0 Å². The van der Waals surface area contributed by atoms with Gasteiger partial charge in [-0.2, -0.15) is 0 Å². The fourth-order valence-electron chi connectivity index (χ4n) is 4.91. The molecular formula is C28H24N3+. The molecule has 0 bridgehead atoms. The molecule has 5 aromatic rings. The molecule has 3 heterocycles. The maximum atomic E-state index is 3.48. The fourth-order valence-corrected chi connectivity index (χ4v) is 4.91. The Bertz CT molecular complexity index is 1370. The Balaban J connectivity index is 1.39. The SMILES string of the molecule is C1=[NH+]c2ccccc2/C1=C/CCC(c1c[nH]c2ccccc12)c1c[nH]c2ccccc12. The zero-order valence-electron chi connectivity index (χ0n) is 17.2. The Morgan fingerprint density at radius 2 is 1.35 bits per heavy atom. The van der Waals surface area contributed by atoms with Gasteiger partial charge in [0.1, 0.15) is 0 Å². The average Bonchev–Trinajstić information content (AvgIpc) is 3.54. The normalized spacial score (nSPS) is 14.3. The number of benzene rings is 3. The van der Waals surface area contributed by atoms with Crippen molar-refractivity contribution in [3.63, 3.8) is 0 Å². The second-order valence-electron chi connectivity index (χ2n) is 8.20. The van der Waals surface area contributed by atoms with E-state index in [4.69, 9.17) is 0 Å². The van der Waals surface area contributed by atoms with Crippen LogP contribution in [-0.2, 0) is 0 Å². The van der Waals surface area contributed by atoms with Gasteiger partial charge in [-0.25, -0.2) is 4.99 Å². The van der Waals surface area contributed by atoms with Crippen molar-refractivity contribution < 1.29 is 4.99 Å². The third-order valence-electron chi connectivity index (χ3n) is 6.43. The molecule has 0 radical (unpaired) electrons. The zero-order chi connectivity index (χ0) is 20.6. The monoisotopic (exact) mass is 402 g/mol. The Morgan fingerprint density at radius 1 is 0.742 bits per heavy atom. The van der Waals surface area contributed by atoms with E-state index in [1.165, 1.54) is 49.8 Å². The molecule has 3 aromatic carbocycles. The van der Waals surface area contributed by atoms with E-state index in [-0.39, 0.29) is 0 Å². The van der Waals surface area contributed by atoms with Crippen molar-refractivity contribution in [3.05, 3.63) is 108 Å². The van der Waals surface area contributed by atoms with Gasteiger partial charge in [-0.05, 0) is 42.2 Å². The van der Waals surface area contributed by atoms with Gasteiger partial charge in [0.2, 0.25) is 5.69 Å². The second-order valence-corrected chi connectivity index (χ2v) is 8.20. The summed E-state index contributed by atoms with van der Waals surface area (Å²) in [5.41, 5.74) is 8.90. The minimum Gasteiger partial charge on any atom is -0.361 e. The van der Waals surface area contributed by atoms with E-state index in [0.29, 0.717) is 5.92 Å². The quantitative estimate of drug-likeness (QED) is 0.350. The lowest BCUT2D eigenvalue weighted by Crippen LogP contribution is -2.58. The summed E-state index contributed by atoms with van der Waals surface area (Å²) in [4.78, 5) is 10.4. The van der Waals surface area contributed by atoms with Gasteiger partial charge in [0, 0.05) is 51.8 Å². The maximum Gasteiger partial charge on any atom is 0.211 e. The summed E-state index contributed by atoms with van der Waals surface area (Å²) in [6.07, 6.45) is 10.9. The molecule has 0 aliphatic carbocycles. The van der Waals surface area contributed by atoms with Gasteiger partial charge >= 0.3 is 0 Å². The van der Waals surface area contributed by atoms with Gasteiger partial charge in [-0.1, -0.05) is 54.6 Å². The number of hydrogen-bond acceptors (Lipinski definition) is 0. The number of rotatable bonds is 5. The first kappa shape index (κ1) is 18.0. The summed E-state index contributed by atoms with van der Waals surface area (Å²) < 4.78 is 0. The van der Waals surface area contributed by atoms with Crippen LogP contribution in [0.2, 0.25) is 0 Å². The van der Waals surface area contributed by atoms with Crippen LogP contribution in [0.5, 0.6) is 0 Å². The van der Waals surface area contributed by atoms with Crippen LogP contribution in [0.1, 0.15) is 35.4 Å².